The van der Waals surface area contributed by atoms with Crippen LogP contribution in [0.15, 0.2) is 10.6 Å². The first kappa shape index (κ1) is 10.2. The molecule has 0 fully saturated rings. The van der Waals surface area contributed by atoms with Crippen molar-refractivity contribution in [1.82, 2.24) is 4.98 Å². The summed E-state index contributed by atoms with van der Waals surface area (Å²) in [7, 11) is 0. The lowest BCUT2D eigenvalue weighted by atomic mass is 10.2. The monoisotopic (exact) mass is 184 g/mol. The standard InChI is InChI=1S/C9H16N2O2/c1-7(10)5-8-6-11-9(13-8)3-2-4-12/h6-7,12H,2-5,10H2,1H3. The van der Waals surface area contributed by atoms with Gasteiger partial charge in [0.05, 0.1) is 6.20 Å². The number of rotatable bonds is 5. The van der Waals surface area contributed by atoms with Crippen LogP contribution in [-0.2, 0) is 12.8 Å². The maximum Gasteiger partial charge on any atom is 0.194 e. The van der Waals surface area contributed by atoms with E-state index in [1.54, 1.807) is 6.20 Å². The molecule has 0 saturated carbocycles. The van der Waals surface area contributed by atoms with E-state index in [0.29, 0.717) is 25.2 Å². The molecule has 0 aliphatic heterocycles. The second-order valence-corrected chi connectivity index (χ2v) is 3.23. The normalized spacial score (nSPS) is 13.2. The van der Waals surface area contributed by atoms with Crippen LogP contribution in [0.1, 0.15) is 25.0 Å². The summed E-state index contributed by atoms with van der Waals surface area (Å²) in [5, 5.41) is 8.59. The molecule has 0 radical (unpaired) electrons. The molecule has 3 N–H and O–H groups in total. The van der Waals surface area contributed by atoms with Gasteiger partial charge in [-0.15, -0.1) is 0 Å². The van der Waals surface area contributed by atoms with E-state index in [9.17, 15) is 0 Å². The fourth-order valence-electron chi connectivity index (χ4n) is 1.11. The fraction of sp³-hybridized carbons (Fsp3) is 0.667. The van der Waals surface area contributed by atoms with Crippen molar-refractivity contribution < 1.29 is 9.52 Å². The Bertz CT molecular complexity index is 246. The molecule has 1 rings (SSSR count). The minimum atomic E-state index is 0.0960. The number of nitrogens with zero attached hydrogens (tertiary/aromatic N) is 1. The van der Waals surface area contributed by atoms with Crippen LogP contribution in [0.2, 0.25) is 0 Å². The maximum atomic E-state index is 8.59. The first-order chi connectivity index (χ1) is 6.22. The number of aliphatic hydroxyl groups excluding tert-OH is 1. The molecule has 4 nitrogen and oxygen atoms in total. The van der Waals surface area contributed by atoms with Gasteiger partial charge in [-0.05, 0) is 13.3 Å². The molecule has 1 aromatic rings. The molecule has 4 heteroatoms. The quantitative estimate of drug-likeness (QED) is 0.698. The van der Waals surface area contributed by atoms with Gasteiger partial charge < -0.3 is 15.3 Å². The van der Waals surface area contributed by atoms with Crippen molar-refractivity contribution in [2.45, 2.75) is 32.2 Å². The second-order valence-electron chi connectivity index (χ2n) is 3.23. The van der Waals surface area contributed by atoms with Crippen molar-refractivity contribution in [2.24, 2.45) is 5.73 Å². The third-order valence-corrected chi connectivity index (χ3v) is 1.67. The molecule has 0 saturated heterocycles. The average Bonchev–Trinajstić information content (AvgIpc) is 2.48. The Kier molecular flexibility index (Phi) is 3.92. The molecule has 0 aliphatic carbocycles. The minimum Gasteiger partial charge on any atom is -0.446 e. The summed E-state index contributed by atoms with van der Waals surface area (Å²) in [4.78, 5) is 4.07. The molecular formula is C9H16N2O2. The van der Waals surface area contributed by atoms with E-state index in [0.717, 1.165) is 5.76 Å². The van der Waals surface area contributed by atoms with Crippen molar-refractivity contribution in [3.05, 3.63) is 17.8 Å². The van der Waals surface area contributed by atoms with Gasteiger partial charge in [-0.3, -0.25) is 0 Å². The van der Waals surface area contributed by atoms with Gasteiger partial charge in [0.15, 0.2) is 5.89 Å². The topological polar surface area (TPSA) is 72.3 Å². The molecule has 0 bridgehead atoms. The van der Waals surface area contributed by atoms with Crippen LogP contribution in [0.3, 0.4) is 0 Å². The maximum absolute atomic E-state index is 8.59. The first-order valence-electron chi connectivity index (χ1n) is 4.52. The van der Waals surface area contributed by atoms with E-state index in [1.165, 1.54) is 0 Å². The number of hydrogen-bond donors (Lipinski definition) is 2. The zero-order chi connectivity index (χ0) is 9.68. The number of nitrogens with two attached hydrogens (primary N) is 1. The van der Waals surface area contributed by atoms with Gasteiger partial charge in [-0.2, -0.15) is 0 Å². The molecule has 0 aliphatic rings. The van der Waals surface area contributed by atoms with Gasteiger partial charge in [0.25, 0.3) is 0 Å². The van der Waals surface area contributed by atoms with Crippen LogP contribution in [0.4, 0.5) is 0 Å². The summed E-state index contributed by atoms with van der Waals surface area (Å²) in [5.41, 5.74) is 5.61. The Morgan fingerprint density at radius 2 is 2.46 bits per heavy atom. The van der Waals surface area contributed by atoms with Gasteiger partial charge in [-0.25, -0.2) is 4.98 Å². The lowest BCUT2D eigenvalue weighted by molar-refractivity contribution is 0.282. The smallest absolute Gasteiger partial charge is 0.194 e. The third-order valence-electron chi connectivity index (χ3n) is 1.67. The predicted molar refractivity (Wildman–Crippen MR) is 49.3 cm³/mol. The number of aromatic nitrogens is 1. The zero-order valence-corrected chi connectivity index (χ0v) is 7.86. The molecule has 13 heavy (non-hydrogen) atoms. The van der Waals surface area contributed by atoms with Crippen LogP contribution < -0.4 is 5.73 Å². The summed E-state index contributed by atoms with van der Waals surface area (Å²) >= 11 is 0. The van der Waals surface area contributed by atoms with Gasteiger partial charge in [0.1, 0.15) is 5.76 Å². The number of aliphatic hydroxyl groups is 1. The Labute approximate surface area is 77.8 Å². The molecule has 1 aromatic heterocycles. The van der Waals surface area contributed by atoms with Gasteiger partial charge in [0, 0.05) is 25.5 Å². The van der Waals surface area contributed by atoms with Gasteiger partial charge >= 0.3 is 0 Å². The second kappa shape index (κ2) is 4.99. The molecule has 0 spiro atoms. The minimum absolute atomic E-state index is 0.0960. The van der Waals surface area contributed by atoms with Gasteiger partial charge in [-0.1, -0.05) is 0 Å². The summed E-state index contributed by atoms with van der Waals surface area (Å²) in [6.45, 7) is 2.10. The summed E-state index contributed by atoms with van der Waals surface area (Å²) in [6.07, 6.45) is 3.80. The molecule has 74 valence electrons. The fourth-order valence-corrected chi connectivity index (χ4v) is 1.11. The highest BCUT2D eigenvalue weighted by molar-refractivity contribution is 4.96. The third kappa shape index (κ3) is 3.57. The van der Waals surface area contributed by atoms with E-state index in [1.807, 2.05) is 6.92 Å². The molecule has 0 aromatic carbocycles. The van der Waals surface area contributed by atoms with Crippen molar-refractivity contribution in [2.75, 3.05) is 6.61 Å². The highest BCUT2D eigenvalue weighted by Gasteiger charge is 2.05. The van der Waals surface area contributed by atoms with E-state index in [2.05, 4.69) is 4.98 Å². The Morgan fingerprint density at radius 1 is 1.69 bits per heavy atom. The largest absolute Gasteiger partial charge is 0.446 e. The molecule has 0 amide bonds. The summed E-state index contributed by atoms with van der Waals surface area (Å²) in [5.74, 6) is 1.51. The molecule has 1 heterocycles. The molecule has 1 unspecified atom stereocenters. The predicted octanol–water partition coefficient (Wildman–Crippen LogP) is 0.489. The first-order valence-corrected chi connectivity index (χ1v) is 4.52. The van der Waals surface area contributed by atoms with Crippen molar-refractivity contribution in [3.63, 3.8) is 0 Å². The number of hydrogen-bond acceptors (Lipinski definition) is 4. The average molecular weight is 184 g/mol. The van der Waals surface area contributed by atoms with Gasteiger partial charge in [0.2, 0.25) is 0 Å². The summed E-state index contributed by atoms with van der Waals surface area (Å²) < 4.78 is 5.39. The van der Waals surface area contributed by atoms with E-state index >= 15 is 0 Å². The number of oxazole rings is 1. The lowest BCUT2D eigenvalue weighted by Crippen LogP contribution is -2.17. The van der Waals surface area contributed by atoms with Crippen LogP contribution >= 0.6 is 0 Å². The summed E-state index contributed by atoms with van der Waals surface area (Å²) in [6, 6.07) is 0.0960. The molecule has 1 atom stereocenters. The van der Waals surface area contributed by atoms with Crippen LogP contribution in [0.25, 0.3) is 0 Å². The van der Waals surface area contributed by atoms with Crippen molar-refractivity contribution in [3.8, 4) is 0 Å². The Balaban J connectivity index is 2.44. The number of aryl methyl sites for hydroxylation is 1. The zero-order valence-electron chi connectivity index (χ0n) is 7.86. The lowest BCUT2D eigenvalue weighted by Gasteiger charge is -1.99. The van der Waals surface area contributed by atoms with E-state index < -0.39 is 0 Å². The SMILES string of the molecule is CC(N)Cc1cnc(CCCO)o1. The van der Waals surface area contributed by atoms with Crippen molar-refractivity contribution in [1.29, 1.82) is 0 Å². The van der Waals surface area contributed by atoms with Crippen molar-refractivity contribution >= 4 is 0 Å². The highest BCUT2D eigenvalue weighted by atomic mass is 16.4. The van der Waals surface area contributed by atoms with Crippen LogP contribution in [-0.4, -0.2) is 22.7 Å². The Morgan fingerprint density at radius 3 is 3.08 bits per heavy atom. The van der Waals surface area contributed by atoms with E-state index in [-0.39, 0.29) is 12.6 Å². The van der Waals surface area contributed by atoms with Crippen LogP contribution in [0.5, 0.6) is 0 Å². The van der Waals surface area contributed by atoms with E-state index in [4.69, 9.17) is 15.3 Å². The van der Waals surface area contributed by atoms with Crippen LogP contribution in [0, 0.1) is 0 Å². The molecular weight excluding hydrogens is 168 g/mol. The Hall–Kier alpha value is -0.870. The highest BCUT2D eigenvalue weighted by Crippen LogP contribution is 2.07.